The van der Waals surface area contributed by atoms with Crippen LogP contribution in [0.2, 0.25) is 0 Å². The first-order valence-electron chi connectivity index (χ1n) is 12.8. The second-order valence-corrected chi connectivity index (χ2v) is 13.7. The van der Waals surface area contributed by atoms with Gasteiger partial charge in [-0.25, -0.2) is 0 Å². The van der Waals surface area contributed by atoms with Crippen LogP contribution in [0.3, 0.4) is 0 Å². The summed E-state index contributed by atoms with van der Waals surface area (Å²) >= 11 is -0.348. The van der Waals surface area contributed by atoms with Crippen molar-refractivity contribution in [2.24, 2.45) is 11.5 Å². The molecular formula is C29H30N2O8Se2. The molecule has 0 unspecified atom stereocenters. The van der Waals surface area contributed by atoms with Crippen molar-refractivity contribution < 1.29 is 38.1 Å². The second kappa shape index (κ2) is 13.9. The van der Waals surface area contributed by atoms with Gasteiger partial charge in [0, 0.05) is 0 Å². The van der Waals surface area contributed by atoms with E-state index in [1.54, 1.807) is 14.2 Å². The summed E-state index contributed by atoms with van der Waals surface area (Å²) in [7, 11) is 3.14. The SMILES string of the molecule is COc1cc2[se]c(C(=O)CCC(N)=O)cc2cc1OCCCOc1cc2cc(C(=O)CCC(N)=O)[se]c2cc1OC. The van der Waals surface area contributed by atoms with Crippen LogP contribution in [0, 0.1) is 0 Å². The number of rotatable bonds is 16. The average Bonchev–Trinajstić information content (AvgIpc) is 3.56. The third-order valence-electron chi connectivity index (χ3n) is 6.16. The molecule has 0 saturated carbocycles. The Hall–Kier alpha value is -3.56. The van der Waals surface area contributed by atoms with E-state index in [1.807, 2.05) is 36.4 Å². The Morgan fingerprint density at radius 2 is 1.02 bits per heavy atom. The van der Waals surface area contributed by atoms with Crippen LogP contribution in [0.1, 0.15) is 50.6 Å². The molecule has 0 spiro atoms. The van der Waals surface area contributed by atoms with Crippen molar-refractivity contribution in [3.63, 3.8) is 0 Å². The molecule has 2 aromatic heterocycles. The normalized spacial score (nSPS) is 11.0. The summed E-state index contributed by atoms with van der Waals surface area (Å²) in [6.45, 7) is 0.729. The van der Waals surface area contributed by atoms with Gasteiger partial charge in [-0.2, -0.15) is 0 Å². The number of hydrogen-bond acceptors (Lipinski definition) is 8. The molecule has 4 aromatic rings. The third kappa shape index (κ3) is 7.80. The average molecular weight is 692 g/mol. The molecule has 2 aromatic carbocycles. The van der Waals surface area contributed by atoms with Gasteiger partial charge in [0.1, 0.15) is 0 Å². The van der Waals surface area contributed by atoms with Gasteiger partial charge in [0.25, 0.3) is 0 Å². The Balaban J connectivity index is 1.36. The summed E-state index contributed by atoms with van der Waals surface area (Å²) in [4.78, 5) is 46.9. The van der Waals surface area contributed by atoms with Gasteiger partial charge >= 0.3 is 249 Å². The standard InChI is InChI=1S/C29H30N2O8Se2/c1-36-20-14-24-16(12-26(40-24)18(32)4-6-28(30)34)10-22(20)38-8-3-9-39-23-11-17-13-27(19(33)5-7-29(31)35)41-25(17)15-21(23)37-2/h10-15H,3-9H2,1-2H3,(H2,30,34)(H2,31,35). The number of nitrogens with two attached hydrogens (primary N) is 2. The zero-order valence-corrected chi connectivity index (χ0v) is 26.1. The molecule has 4 rings (SSSR count). The molecule has 12 heteroatoms. The van der Waals surface area contributed by atoms with Crippen LogP contribution >= 0.6 is 0 Å². The van der Waals surface area contributed by atoms with Gasteiger partial charge in [-0.3, -0.25) is 0 Å². The number of primary amides is 2. The summed E-state index contributed by atoms with van der Waals surface area (Å²) in [6.07, 6.45) is 0.875. The van der Waals surface area contributed by atoms with Crippen LogP contribution in [0.25, 0.3) is 19.3 Å². The van der Waals surface area contributed by atoms with Gasteiger partial charge in [-0.05, 0) is 0 Å². The van der Waals surface area contributed by atoms with Crippen molar-refractivity contribution in [1.29, 1.82) is 0 Å². The predicted octanol–water partition coefficient (Wildman–Crippen LogP) is 2.87. The second-order valence-electron chi connectivity index (χ2n) is 9.13. The van der Waals surface area contributed by atoms with Crippen molar-refractivity contribution >= 4 is 71.7 Å². The molecule has 2 amide bonds. The molecule has 10 nitrogen and oxygen atoms in total. The van der Waals surface area contributed by atoms with Gasteiger partial charge in [-0.15, -0.1) is 0 Å². The Labute approximate surface area is 248 Å². The van der Waals surface area contributed by atoms with Crippen LogP contribution < -0.4 is 30.4 Å². The van der Waals surface area contributed by atoms with Crippen LogP contribution in [0.15, 0.2) is 36.4 Å². The number of ketones is 2. The molecule has 41 heavy (non-hydrogen) atoms. The van der Waals surface area contributed by atoms with Crippen molar-refractivity contribution in [3.05, 3.63) is 45.3 Å². The van der Waals surface area contributed by atoms with Gasteiger partial charge in [-0.1, -0.05) is 0 Å². The minimum absolute atomic E-state index is 0.0380. The Kier molecular flexibility index (Phi) is 10.3. The monoisotopic (exact) mass is 694 g/mol. The molecule has 0 saturated heterocycles. The van der Waals surface area contributed by atoms with E-state index in [4.69, 9.17) is 30.4 Å². The number of carbonyl (C=O) groups is 4. The van der Waals surface area contributed by atoms with Crippen LogP contribution in [0.4, 0.5) is 0 Å². The molecule has 2 heterocycles. The summed E-state index contributed by atoms with van der Waals surface area (Å²) in [5.74, 6) is 1.19. The fourth-order valence-corrected chi connectivity index (χ4v) is 8.42. The first-order chi connectivity index (χ1) is 19.7. The Morgan fingerprint density at radius 1 is 0.610 bits per heavy atom. The molecule has 216 valence electrons. The molecule has 0 aliphatic rings. The minimum atomic E-state index is -0.491. The predicted molar refractivity (Wildman–Crippen MR) is 156 cm³/mol. The number of Topliss-reactive ketones (excluding diaryl/α,β-unsaturated/α-hetero) is 2. The summed E-state index contributed by atoms with van der Waals surface area (Å²) < 4.78 is 26.4. The van der Waals surface area contributed by atoms with E-state index < -0.39 is 11.8 Å². The maximum atomic E-state index is 12.4. The number of fused-ring (bicyclic) bond motifs is 2. The van der Waals surface area contributed by atoms with E-state index >= 15 is 0 Å². The number of amides is 2. The number of hydrogen-bond donors (Lipinski definition) is 2. The fraction of sp³-hybridized carbons (Fsp3) is 0.310. The van der Waals surface area contributed by atoms with Gasteiger partial charge < -0.3 is 0 Å². The Bertz CT molecular complexity index is 1490. The van der Waals surface area contributed by atoms with Crippen LogP contribution in [-0.2, 0) is 9.59 Å². The van der Waals surface area contributed by atoms with Gasteiger partial charge in [0.05, 0.1) is 0 Å². The number of carbonyl (C=O) groups excluding carboxylic acids is 4. The molecular weight excluding hydrogens is 662 g/mol. The van der Waals surface area contributed by atoms with E-state index in [-0.39, 0.29) is 66.3 Å². The van der Waals surface area contributed by atoms with E-state index in [0.29, 0.717) is 51.5 Å². The van der Waals surface area contributed by atoms with E-state index in [2.05, 4.69) is 0 Å². The van der Waals surface area contributed by atoms with E-state index in [1.165, 1.54) is 0 Å². The zero-order chi connectivity index (χ0) is 29.5. The number of ether oxygens (including phenoxy) is 4. The van der Waals surface area contributed by atoms with E-state index in [9.17, 15) is 19.2 Å². The summed E-state index contributed by atoms with van der Waals surface area (Å²) in [6, 6.07) is 11.2. The van der Waals surface area contributed by atoms with Crippen molar-refractivity contribution in [3.8, 4) is 23.0 Å². The van der Waals surface area contributed by atoms with Crippen LogP contribution in [0.5, 0.6) is 23.0 Å². The molecule has 0 aliphatic heterocycles. The Morgan fingerprint density at radius 3 is 1.39 bits per heavy atom. The quantitative estimate of drug-likeness (QED) is 0.103. The zero-order valence-electron chi connectivity index (χ0n) is 22.7. The van der Waals surface area contributed by atoms with Crippen molar-refractivity contribution in [2.45, 2.75) is 32.1 Å². The maximum absolute atomic E-state index is 12.4. The van der Waals surface area contributed by atoms with Crippen LogP contribution in [-0.4, -0.2) is 79.8 Å². The molecule has 0 aliphatic carbocycles. The number of benzene rings is 2. The van der Waals surface area contributed by atoms with E-state index in [0.717, 1.165) is 19.3 Å². The molecule has 0 fully saturated rings. The van der Waals surface area contributed by atoms with Crippen molar-refractivity contribution in [1.82, 2.24) is 0 Å². The third-order valence-corrected chi connectivity index (χ3v) is 10.9. The first-order valence-corrected chi connectivity index (χ1v) is 16.2. The summed E-state index contributed by atoms with van der Waals surface area (Å²) in [5.41, 5.74) is 10.3. The molecule has 0 bridgehead atoms. The van der Waals surface area contributed by atoms with Gasteiger partial charge in [0.2, 0.25) is 0 Å². The number of methoxy groups -OCH3 is 2. The molecule has 0 radical (unpaired) electrons. The fourth-order valence-electron chi connectivity index (χ4n) is 4.06. The van der Waals surface area contributed by atoms with Gasteiger partial charge in [0.15, 0.2) is 0 Å². The first kappa shape index (κ1) is 30.4. The summed E-state index contributed by atoms with van der Waals surface area (Å²) in [5, 5.41) is 1.81. The topological polar surface area (TPSA) is 157 Å². The molecule has 4 N–H and O–H groups in total. The van der Waals surface area contributed by atoms with Crippen molar-refractivity contribution in [2.75, 3.05) is 27.4 Å². The molecule has 0 atom stereocenters.